The third-order valence-corrected chi connectivity index (χ3v) is 4.90. The molecule has 1 aliphatic rings. The Bertz CT molecular complexity index is 811. The van der Waals surface area contributed by atoms with Crippen molar-refractivity contribution in [1.82, 2.24) is 10.3 Å². The van der Waals surface area contributed by atoms with Crippen LogP contribution in [0.2, 0.25) is 0 Å². The maximum atomic E-state index is 12.7. The van der Waals surface area contributed by atoms with E-state index in [0.29, 0.717) is 31.7 Å². The van der Waals surface area contributed by atoms with Crippen LogP contribution in [0, 0.1) is 0 Å². The molecule has 0 radical (unpaired) electrons. The summed E-state index contributed by atoms with van der Waals surface area (Å²) < 4.78 is 5.29. The number of fused-ring (bicyclic) bond motifs is 1. The first-order chi connectivity index (χ1) is 11.7. The summed E-state index contributed by atoms with van der Waals surface area (Å²) in [6.45, 7) is 7.26. The summed E-state index contributed by atoms with van der Waals surface area (Å²) in [5.41, 5.74) is 7.06. The highest BCUT2D eigenvalue weighted by molar-refractivity contribution is 6.01. The second kappa shape index (κ2) is 6.19. The van der Waals surface area contributed by atoms with Gasteiger partial charge in [0.2, 0.25) is 5.91 Å². The summed E-state index contributed by atoms with van der Waals surface area (Å²) in [7, 11) is 0. The second-order valence-corrected chi connectivity index (χ2v) is 7.75. The molecule has 134 valence electrons. The zero-order valence-electron chi connectivity index (χ0n) is 14.9. The molecule has 2 amide bonds. The van der Waals surface area contributed by atoms with Crippen molar-refractivity contribution >= 4 is 22.7 Å². The Morgan fingerprint density at radius 3 is 2.48 bits per heavy atom. The number of nitrogens with two attached hydrogens (primary N) is 1. The standard InChI is InChI=1S/C19H25N3O3/c1-18(2,3)13-4-5-14-12(10-13)11-15(21-14)16(23)22-19(17(20)24)6-8-25-9-7-19/h4-5,10-11,21H,6-9H2,1-3H3,(H2,20,24)(H,22,23). The molecule has 1 aromatic carbocycles. The largest absolute Gasteiger partial charge is 0.381 e. The number of benzene rings is 1. The van der Waals surface area contributed by atoms with Gasteiger partial charge >= 0.3 is 0 Å². The van der Waals surface area contributed by atoms with Gasteiger partial charge in [0.05, 0.1) is 0 Å². The lowest BCUT2D eigenvalue weighted by atomic mass is 9.86. The van der Waals surface area contributed by atoms with Crippen molar-refractivity contribution in [3.63, 3.8) is 0 Å². The Morgan fingerprint density at radius 2 is 1.88 bits per heavy atom. The van der Waals surface area contributed by atoms with Gasteiger partial charge in [-0.25, -0.2) is 0 Å². The van der Waals surface area contributed by atoms with Gasteiger partial charge in [-0.05, 0) is 29.2 Å². The Kier molecular flexibility index (Phi) is 4.33. The summed E-state index contributed by atoms with van der Waals surface area (Å²) in [5.74, 6) is -0.843. The third-order valence-electron chi connectivity index (χ3n) is 4.90. The summed E-state index contributed by atoms with van der Waals surface area (Å²) in [5, 5.41) is 3.80. The molecular weight excluding hydrogens is 318 g/mol. The fourth-order valence-electron chi connectivity index (χ4n) is 3.16. The fraction of sp³-hybridized carbons (Fsp3) is 0.474. The van der Waals surface area contributed by atoms with Crippen LogP contribution in [-0.4, -0.2) is 35.6 Å². The van der Waals surface area contributed by atoms with E-state index in [9.17, 15) is 9.59 Å². The normalized spacial score (nSPS) is 17.4. The molecule has 1 aliphatic heterocycles. The molecule has 1 aromatic heterocycles. The first-order valence-electron chi connectivity index (χ1n) is 8.55. The first-order valence-corrected chi connectivity index (χ1v) is 8.55. The van der Waals surface area contributed by atoms with E-state index in [1.165, 1.54) is 5.56 Å². The number of H-pyrrole nitrogens is 1. The number of carbonyl (C=O) groups is 2. The lowest BCUT2D eigenvalue weighted by molar-refractivity contribution is -0.127. The molecule has 0 saturated carbocycles. The highest BCUT2D eigenvalue weighted by Gasteiger charge is 2.40. The summed E-state index contributed by atoms with van der Waals surface area (Å²) in [6.07, 6.45) is 0.783. The molecular formula is C19H25N3O3. The summed E-state index contributed by atoms with van der Waals surface area (Å²) in [6, 6.07) is 7.93. The van der Waals surface area contributed by atoms with Crippen LogP contribution in [0.1, 0.15) is 49.7 Å². The van der Waals surface area contributed by atoms with E-state index in [1.807, 2.05) is 12.1 Å². The van der Waals surface area contributed by atoms with Gasteiger partial charge in [0, 0.05) is 37.0 Å². The molecule has 0 aliphatic carbocycles. The number of ether oxygens (including phenoxy) is 1. The third kappa shape index (κ3) is 3.39. The summed E-state index contributed by atoms with van der Waals surface area (Å²) >= 11 is 0. The monoisotopic (exact) mass is 343 g/mol. The molecule has 2 heterocycles. The Balaban J connectivity index is 1.88. The maximum absolute atomic E-state index is 12.7. The smallest absolute Gasteiger partial charge is 0.268 e. The first kappa shape index (κ1) is 17.5. The van der Waals surface area contributed by atoms with Crippen molar-refractivity contribution in [1.29, 1.82) is 0 Å². The van der Waals surface area contributed by atoms with Crippen molar-refractivity contribution in [3.05, 3.63) is 35.5 Å². The molecule has 4 N–H and O–H groups in total. The van der Waals surface area contributed by atoms with Gasteiger partial charge in [-0.15, -0.1) is 0 Å². The van der Waals surface area contributed by atoms with E-state index in [2.05, 4.69) is 43.2 Å². The van der Waals surface area contributed by atoms with Gasteiger partial charge in [-0.2, -0.15) is 0 Å². The highest BCUT2D eigenvalue weighted by atomic mass is 16.5. The van der Waals surface area contributed by atoms with Crippen LogP contribution in [-0.2, 0) is 14.9 Å². The average molecular weight is 343 g/mol. The van der Waals surface area contributed by atoms with Crippen LogP contribution < -0.4 is 11.1 Å². The van der Waals surface area contributed by atoms with Crippen molar-refractivity contribution in [2.24, 2.45) is 5.73 Å². The van der Waals surface area contributed by atoms with E-state index in [4.69, 9.17) is 10.5 Å². The van der Waals surface area contributed by atoms with Crippen LogP contribution >= 0.6 is 0 Å². The second-order valence-electron chi connectivity index (χ2n) is 7.75. The molecule has 0 bridgehead atoms. The lowest BCUT2D eigenvalue weighted by Gasteiger charge is -2.34. The molecule has 1 saturated heterocycles. The zero-order chi connectivity index (χ0) is 18.2. The number of nitrogens with one attached hydrogen (secondary N) is 2. The molecule has 6 heteroatoms. The van der Waals surface area contributed by atoms with E-state index < -0.39 is 11.4 Å². The van der Waals surface area contributed by atoms with Gasteiger partial charge in [0.1, 0.15) is 11.2 Å². The number of hydrogen-bond acceptors (Lipinski definition) is 3. The van der Waals surface area contributed by atoms with Gasteiger partial charge in [0.25, 0.3) is 5.91 Å². The number of amides is 2. The van der Waals surface area contributed by atoms with Gasteiger partial charge in [-0.3, -0.25) is 9.59 Å². The minimum Gasteiger partial charge on any atom is -0.381 e. The molecule has 3 rings (SSSR count). The number of primary amides is 1. The number of rotatable bonds is 3. The van der Waals surface area contributed by atoms with Gasteiger partial charge in [-0.1, -0.05) is 26.8 Å². The van der Waals surface area contributed by atoms with E-state index in [0.717, 1.165) is 10.9 Å². The van der Waals surface area contributed by atoms with Crippen molar-refractivity contribution in [3.8, 4) is 0 Å². The van der Waals surface area contributed by atoms with Gasteiger partial charge in [0.15, 0.2) is 0 Å². The predicted octanol–water partition coefficient (Wildman–Crippen LogP) is 2.23. The molecule has 25 heavy (non-hydrogen) atoms. The minimum atomic E-state index is -1.04. The van der Waals surface area contributed by atoms with E-state index >= 15 is 0 Å². The predicted molar refractivity (Wildman–Crippen MR) is 96.4 cm³/mol. The Labute approximate surface area is 147 Å². The zero-order valence-corrected chi connectivity index (χ0v) is 14.9. The van der Waals surface area contributed by atoms with Crippen LogP contribution in [0.5, 0.6) is 0 Å². The van der Waals surface area contributed by atoms with E-state index in [-0.39, 0.29) is 11.3 Å². The maximum Gasteiger partial charge on any atom is 0.268 e. The van der Waals surface area contributed by atoms with Crippen molar-refractivity contribution in [2.45, 2.75) is 44.6 Å². The Hall–Kier alpha value is -2.34. The highest BCUT2D eigenvalue weighted by Crippen LogP contribution is 2.27. The fourth-order valence-corrected chi connectivity index (χ4v) is 3.16. The van der Waals surface area contributed by atoms with E-state index in [1.54, 1.807) is 0 Å². The number of aromatic amines is 1. The quantitative estimate of drug-likeness (QED) is 0.797. The van der Waals surface area contributed by atoms with Crippen molar-refractivity contribution < 1.29 is 14.3 Å². The molecule has 0 unspecified atom stereocenters. The topological polar surface area (TPSA) is 97.2 Å². The lowest BCUT2D eigenvalue weighted by Crippen LogP contribution is -2.60. The molecule has 2 aromatic rings. The summed E-state index contributed by atoms with van der Waals surface area (Å²) in [4.78, 5) is 27.7. The SMILES string of the molecule is CC(C)(C)c1ccc2[nH]c(C(=O)NC3(C(N)=O)CCOCC3)cc2c1. The molecule has 0 spiro atoms. The van der Waals surface area contributed by atoms with Crippen LogP contribution in [0.4, 0.5) is 0 Å². The molecule has 6 nitrogen and oxygen atoms in total. The van der Waals surface area contributed by atoms with Crippen LogP contribution in [0.25, 0.3) is 10.9 Å². The molecule has 0 atom stereocenters. The number of aromatic nitrogens is 1. The number of carbonyl (C=O) groups excluding carboxylic acids is 2. The average Bonchev–Trinajstić information content (AvgIpc) is 2.98. The Morgan fingerprint density at radius 1 is 1.20 bits per heavy atom. The van der Waals surface area contributed by atoms with Crippen LogP contribution in [0.15, 0.2) is 24.3 Å². The van der Waals surface area contributed by atoms with Crippen molar-refractivity contribution in [2.75, 3.05) is 13.2 Å². The minimum absolute atomic E-state index is 0.0337. The van der Waals surface area contributed by atoms with Gasteiger partial charge < -0.3 is 20.8 Å². The number of hydrogen-bond donors (Lipinski definition) is 3. The molecule has 1 fully saturated rings. The van der Waals surface area contributed by atoms with Crippen LogP contribution in [0.3, 0.4) is 0 Å².